The first-order valence-electron chi connectivity index (χ1n) is 5.30. The molecule has 0 aliphatic rings. The summed E-state index contributed by atoms with van der Waals surface area (Å²) in [6, 6.07) is 6.71. The molecule has 0 bridgehead atoms. The molecule has 0 radical (unpaired) electrons. The molecule has 3 rings (SSSR count). The second-order valence-corrected chi connectivity index (χ2v) is 4.74. The van der Waals surface area contributed by atoms with Gasteiger partial charge in [-0.1, -0.05) is 12.1 Å². The van der Waals surface area contributed by atoms with Crippen LogP contribution in [0.15, 0.2) is 29.6 Å². The zero-order chi connectivity index (χ0) is 12.7. The van der Waals surface area contributed by atoms with E-state index in [1.54, 1.807) is 18.2 Å². The lowest BCUT2D eigenvalue weighted by Gasteiger charge is -2.01. The standard InChI is InChI=1S/C12H9N3O2S/c1-7-6-18-12-14-13-10(15(7)12)8-3-2-4-9(5-8)11(16)17/h2-6H,1H3,(H,16,17). The maximum absolute atomic E-state index is 11.0. The molecule has 3 aromatic rings. The van der Waals surface area contributed by atoms with Gasteiger partial charge in [0.2, 0.25) is 4.96 Å². The lowest BCUT2D eigenvalue weighted by Crippen LogP contribution is -1.97. The minimum absolute atomic E-state index is 0.247. The van der Waals surface area contributed by atoms with Crippen LogP contribution in [0, 0.1) is 6.92 Å². The van der Waals surface area contributed by atoms with E-state index in [0.29, 0.717) is 5.82 Å². The van der Waals surface area contributed by atoms with Gasteiger partial charge < -0.3 is 5.11 Å². The van der Waals surface area contributed by atoms with Crippen molar-refractivity contribution < 1.29 is 9.90 Å². The Morgan fingerprint density at radius 2 is 2.22 bits per heavy atom. The maximum atomic E-state index is 11.0. The van der Waals surface area contributed by atoms with E-state index in [1.807, 2.05) is 22.8 Å². The number of carboxylic acid groups (broad SMARTS) is 1. The average molecular weight is 259 g/mol. The Morgan fingerprint density at radius 1 is 1.39 bits per heavy atom. The topological polar surface area (TPSA) is 67.5 Å². The van der Waals surface area contributed by atoms with Crippen molar-refractivity contribution >= 4 is 22.3 Å². The fraction of sp³-hybridized carbons (Fsp3) is 0.0833. The fourth-order valence-electron chi connectivity index (χ4n) is 1.83. The van der Waals surface area contributed by atoms with Crippen LogP contribution in [0.4, 0.5) is 0 Å². The van der Waals surface area contributed by atoms with Crippen molar-refractivity contribution in [2.45, 2.75) is 6.92 Å². The van der Waals surface area contributed by atoms with E-state index < -0.39 is 5.97 Å². The maximum Gasteiger partial charge on any atom is 0.335 e. The number of aryl methyl sites for hydroxylation is 1. The summed E-state index contributed by atoms with van der Waals surface area (Å²) in [6.07, 6.45) is 0. The highest BCUT2D eigenvalue weighted by Crippen LogP contribution is 2.24. The van der Waals surface area contributed by atoms with Crippen LogP contribution in [0.2, 0.25) is 0 Å². The Labute approximate surface area is 106 Å². The summed E-state index contributed by atoms with van der Waals surface area (Å²) in [6.45, 7) is 1.97. The molecule has 2 heterocycles. The van der Waals surface area contributed by atoms with Crippen LogP contribution < -0.4 is 0 Å². The molecule has 0 saturated heterocycles. The van der Waals surface area contributed by atoms with Gasteiger partial charge in [0.1, 0.15) is 0 Å². The van der Waals surface area contributed by atoms with E-state index in [2.05, 4.69) is 10.2 Å². The predicted molar refractivity (Wildman–Crippen MR) is 68.0 cm³/mol. The van der Waals surface area contributed by atoms with Crippen molar-refractivity contribution in [3.8, 4) is 11.4 Å². The molecule has 18 heavy (non-hydrogen) atoms. The lowest BCUT2D eigenvalue weighted by atomic mass is 10.1. The Morgan fingerprint density at radius 3 is 3.00 bits per heavy atom. The number of aromatic nitrogens is 3. The third kappa shape index (κ3) is 1.58. The van der Waals surface area contributed by atoms with Crippen LogP contribution >= 0.6 is 11.3 Å². The van der Waals surface area contributed by atoms with Crippen LogP contribution in [0.1, 0.15) is 16.1 Å². The van der Waals surface area contributed by atoms with Crippen LogP contribution in [-0.2, 0) is 0 Å². The third-order valence-corrected chi connectivity index (χ3v) is 3.62. The minimum Gasteiger partial charge on any atom is -0.478 e. The Kier molecular flexibility index (Phi) is 2.38. The quantitative estimate of drug-likeness (QED) is 0.767. The van der Waals surface area contributed by atoms with E-state index >= 15 is 0 Å². The molecular formula is C12H9N3O2S. The Balaban J connectivity index is 2.22. The number of hydrogen-bond donors (Lipinski definition) is 1. The van der Waals surface area contributed by atoms with Crippen molar-refractivity contribution in [1.29, 1.82) is 0 Å². The lowest BCUT2D eigenvalue weighted by molar-refractivity contribution is 0.0697. The zero-order valence-electron chi connectivity index (χ0n) is 9.49. The summed E-state index contributed by atoms with van der Waals surface area (Å²) < 4.78 is 1.92. The number of thiazole rings is 1. The van der Waals surface area contributed by atoms with Crippen LogP contribution in [0.5, 0.6) is 0 Å². The van der Waals surface area contributed by atoms with Crippen molar-refractivity contribution in [2.75, 3.05) is 0 Å². The third-order valence-electron chi connectivity index (χ3n) is 2.69. The summed E-state index contributed by atoms with van der Waals surface area (Å²) in [5.41, 5.74) is 2.04. The average Bonchev–Trinajstić information content (AvgIpc) is 2.93. The fourth-order valence-corrected chi connectivity index (χ4v) is 2.64. The number of carboxylic acids is 1. The molecule has 0 spiro atoms. The molecule has 0 fully saturated rings. The highest BCUT2D eigenvalue weighted by atomic mass is 32.1. The molecule has 0 unspecified atom stereocenters. The van der Waals surface area contributed by atoms with Gasteiger partial charge in [-0.15, -0.1) is 21.5 Å². The van der Waals surface area contributed by atoms with E-state index in [0.717, 1.165) is 16.2 Å². The number of benzene rings is 1. The summed E-state index contributed by atoms with van der Waals surface area (Å²) in [5, 5.41) is 19.2. The van der Waals surface area contributed by atoms with E-state index in [4.69, 9.17) is 5.11 Å². The van der Waals surface area contributed by atoms with Gasteiger partial charge in [-0.3, -0.25) is 4.40 Å². The van der Waals surface area contributed by atoms with Gasteiger partial charge in [0.25, 0.3) is 0 Å². The van der Waals surface area contributed by atoms with Gasteiger partial charge in [-0.2, -0.15) is 0 Å². The Hall–Kier alpha value is -2.21. The molecule has 2 aromatic heterocycles. The first-order valence-corrected chi connectivity index (χ1v) is 6.18. The summed E-state index contributed by atoms with van der Waals surface area (Å²) in [4.78, 5) is 11.8. The molecule has 0 aliphatic heterocycles. The first kappa shape index (κ1) is 10.9. The highest BCUT2D eigenvalue weighted by Gasteiger charge is 2.13. The number of carbonyl (C=O) groups is 1. The number of fused-ring (bicyclic) bond motifs is 1. The van der Waals surface area contributed by atoms with Gasteiger partial charge in [0.15, 0.2) is 5.82 Å². The predicted octanol–water partition coefficient (Wildman–Crippen LogP) is 2.46. The van der Waals surface area contributed by atoms with Gasteiger partial charge >= 0.3 is 5.97 Å². The van der Waals surface area contributed by atoms with Crippen molar-refractivity contribution in [2.24, 2.45) is 0 Å². The highest BCUT2D eigenvalue weighted by molar-refractivity contribution is 7.15. The number of aromatic carboxylic acids is 1. The molecule has 0 aliphatic carbocycles. The minimum atomic E-state index is -0.945. The molecule has 0 saturated carbocycles. The smallest absolute Gasteiger partial charge is 0.335 e. The van der Waals surface area contributed by atoms with Crippen molar-refractivity contribution in [3.05, 3.63) is 40.9 Å². The van der Waals surface area contributed by atoms with Crippen LogP contribution in [0.3, 0.4) is 0 Å². The van der Waals surface area contributed by atoms with Gasteiger partial charge in [0.05, 0.1) is 5.56 Å². The van der Waals surface area contributed by atoms with E-state index in [9.17, 15) is 4.79 Å². The first-order chi connectivity index (χ1) is 8.66. The number of hydrogen-bond acceptors (Lipinski definition) is 4. The summed E-state index contributed by atoms with van der Waals surface area (Å²) in [7, 11) is 0. The SMILES string of the molecule is Cc1csc2nnc(-c3cccc(C(=O)O)c3)n12. The Bertz CT molecular complexity index is 745. The largest absolute Gasteiger partial charge is 0.478 e. The van der Waals surface area contributed by atoms with Crippen molar-refractivity contribution in [3.63, 3.8) is 0 Å². The van der Waals surface area contributed by atoms with Crippen LogP contribution in [-0.4, -0.2) is 25.7 Å². The molecule has 6 heteroatoms. The molecule has 0 atom stereocenters. The monoisotopic (exact) mass is 259 g/mol. The molecule has 1 N–H and O–H groups in total. The van der Waals surface area contributed by atoms with Gasteiger partial charge in [-0.05, 0) is 19.1 Å². The molecule has 1 aromatic carbocycles. The zero-order valence-corrected chi connectivity index (χ0v) is 10.3. The van der Waals surface area contributed by atoms with E-state index in [1.165, 1.54) is 11.3 Å². The second-order valence-electron chi connectivity index (χ2n) is 3.90. The number of rotatable bonds is 2. The normalized spacial score (nSPS) is 10.9. The van der Waals surface area contributed by atoms with Crippen LogP contribution in [0.25, 0.3) is 16.3 Å². The number of nitrogens with zero attached hydrogens (tertiary/aromatic N) is 3. The van der Waals surface area contributed by atoms with Gasteiger partial charge in [-0.25, -0.2) is 4.79 Å². The molecule has 5 nitrogen and oxygen atoms in total. The molecular weight excluding hydrogens is 250 g/mol. The molecule has 0 amide bonds. The summed E-state index contributed by atoms with van der Waals surface area (Å²) in [5.74, 6) is -0.272. The second kappa shape index (κ2) is 3.92. The molecule has 90 valence electrons. The van der Waals surface area contributed by atoms with Gasteiger partial charge in [0, 0.05) is 16.6 Å². The van der Waals surface area contributed by atoms with Crippen molar-refractivity contribution in [1.82, 2.24) is 14.6 Å². The van der Waals surface area contributed by atoms with E-state index in [-0.39, 0.29) is 5.56 Å². The summed E-state index contributed by atoms with van der Waals surface area (Å²) >= 11 is 1.51.